The number of hydrogen-bond acceptors (Lipinski definition) is 2. The van der Waals surface area contributed by atoms with Crippen LogP contribution in [0.5, 0.6) is 0 Å². The van der Waals surface area contributed by atoms with E-state index in [1.165, 1.54) is 0 Å². The van der Waals surface area contributed by atoms with Crippen LogP contribution < -0.4 is 0 Å². The van der Waals surface area contributed by atoms with Gasteiger partial charge >= 0.3 is 0 Å². The van der Waals surface area contributed by atoms with Crippen molar-refractivity contribution in [2.75, 3.05) is 13.1 Å². The van der Waals surface area contributed by atoms with E-state index in [-0.39, 0.29) is 0 Å². The molecule has 1 rings (SSSR count). The van der Waals surface area contributed by atoms with Crippen molar-refractivity contribution in [2.45, 2.75) is 13.1 Å². The first-order chi connectivity index (χ1) is 4.77. The first-order valence-electron chi connectivity index (χ1n) is 3.30. The molecule has 0 aromatic rings. The maximum atomic E-state index is 12.3. The van der Waals surface area contributed by atoms with Crippen molar-refractivity contribution < 1.29 is 4.39 Å². The summed E-state index contributed by atoms with van der Waals surface area (Å²) >= 11 is 0. The largest absolute Gasteiger partial charge is 0.351 e. The van der Waals surface area contributed by atoms with Crippen LogP contribution in [0.3, 0.4) is 0 Å². The normalized spacial score (nSPS) is 20.6. The molecule has 56 valence electrons. The molecule has 10 heavy (non-hydrogen) atoms. The first kappa shape index (κ1) is 7.25. The van der Waals surface area contributed by atoms with Crippen molar-refractivity contribution in [2.24, 2.45) is 4.99 Å². The highest BCUT2D eigenvalue weighted by molar-refractivity contribution is 5.28. The minimum absolute atomic E-state index is 0.471. The second-order valence-electron chi connectivity index (χ2n) is 2.31. The Bertz CT molecular complexity index is 159. The van der Waals surface area contributed by atoms with Crippen molar-refractivity contribution in [3.63, 3.8) is 0 Å². The number of likely N-dealkylation sites (tertiary alicyclic amines) is 1. The Kier molecular flexibility index (Phi) is 2.04. The van der Waals surface area contributed by atoms with Gasteiger partial charge in [-0.3, -0.25) is 0 Å². The number of alkyl halides is 1. The molecular weight excluding hydrogens is 131 g/mol. The molecule has 0 atom stereocenters. The number of allylic oxidation sites excluding steroid dienone is 1. The van der Waals surface area contributed by atoms with Gasteiger partial charge in [0.1, 0.15) is 12.0 Å². The third kappa shape index (κ3) is 1.17. The van der Waals surface area contributed by atoms with Crippen molar-refractivity contribution in [1.29, 1.82) is 0 Å². The minimum Gasteiger partial charge on any atom is -0.351 e. The van der Waals surface area contributed by atoms with Crippen molar-refractivity contribution in [3.05, 3.63) is 11.9 Å². The molecule has 0 saturated carbocycles. The molecule has 0 unspecified atom stereocenters. The third-order valence-electron chi connectivity index (χ3n) is 1.58. The van der Waals surface area contributed by atoms with E-state index >= 15 is 0 Å². The van der Waals surface area contributed by atoms with E-state index < -0.39 is 6.17 Å². The average molecular weight is 142 g/mol. The number of halogens is 1. The summed E-state index contributed by atoms with van der Waals surface area (Å²) < 4.78 is 12.3. The molecule has 1 saturated heterocycles. The summed E-state index contributed by atoms with van der Waals surface area (Å²) in [5.41, 5.74) is 0. The Balaban J connectivity index is 2.43. The van der Waals surface area contributed by atoms with Gasteiger partial charge in [0, 0.05) is 0 Å². The topological polar surface area (TPSA) is 15.6 Å². The van der Waals surface area contributed by atoms with Crippen LogP contribution in [0, 0.1) is 0 Å². The molecule has 1 heterocycles. The van der Waals surface area contributed by atoms with Gasteiger partial charge < -0.3 is 4.90 Å². The summed E-state index contributed by atoms with van der Waals surface area (Å²) in [6, 6.07) is 0. The van der Waals surface area contributed by atoms with Gasteiger partial charge in [0.15, 0.2) is 0 Å². The van der Waals surface area contributed by atoms with Crippen molar-refractivity contribution in [3.8, 4) is 0 Å². The van der Waals surface area contributed by atoms with Crippen LogP contribution in [0.25, 0.3) is 0 Å². The van der Waals surface area contributed by atoms with Crippen LogP contribution in [0.2, 0.25) is 0 Å². The van der Waals surface area contributed by atoms with E-state index in [0.717, 1.165) is 5.82 Å². The van der Waals surface area contributed by atoms with Gasteiger partial charge in [-0.25, -0.2) is 9.38 Å². The van der Waals surface area contributed by atoms with Crippen molar-refractivity contribution >= 4 is 6.72 Å². The highest BCUT2D eigenvalue weighted by Gasteiger charge is 2.26. The van der Waals surface area contributed by atoms with Gasteiger partial charge in [0.25, 0.3) is 0 Å². The maximum absolute atomic E-state index is 12.3. The second-order valence-corrected chi connectivity index (χ2v) is 2.31. The zero-order valence-electron chi connectivity index (χ0n) is 6.05. The smallest absolute Gasteiger partial charge is 0.135 e. The SMILES string of the molecule is C=NC(=CC)N1CC(F)C1. The molecule has 0 radical (unpaired) electrons. The van der Waals surface area contributed by atoms with E-state index in [1.54, 1.807) is 0 Å². The highest BCUT2D eigenvalue weighted by Crippen LogP contribution is 2.17. The van der Waals surface area contributed by atoms with Gasteiger partial charge in [-0.1, -0.05) is 0 Å². The fourth-order valence-electron chi connectivity index (χ4n) is 0.986. The van der Waals surface area contributed by atoms with E-state index in [9.17, 15) is 4.39 Å². The number of aliphatic imine (C=N–C) groups is 1. The predicted octanol–water partition coefficient (Wildman–Crippen LogP) is 1.20. The molecule has 1 aliphatic rings. The Morgan fingerprint density at radius 1 is 1.80 bits per heavy atom. The van der Waals surface area contributed by atoms with Crippen LogP contribution in [0.1, 0.15) is 6.92 Å². The Morgan fingerprint density at radius 2 is 2.40 bits per heavy atom. The lowest BCUT2D eigenvalue weighted by atomic mass is 10.2. The third-order valence-corrected chi connectivity index (χ3v) is 1.58. The summed E-state index contributed by atoms with van der Waals surface area (Å²) in [6.45, 7) is 6.19. The molecule has 0 N–H and O–H groups in total. The van der Waals surface area contributed by atoms with Gasteiger partial charge in [-0.05, 0) is 19.7 Å². The molecular formula is C7H11FN2. The summed E-state index contributed by atoms with van der Waals surface area (Å²) in [7, 11) is 0. The van der Waals surface area contributed by atoms with Crippen molar-refractivity contribution in [1.82, 2.24) is 4.90 Å². The van der Waals surface area contributed by atoms with Crippen LogP contribution in [-0.2, 0) is 0 Å². The lowest BCUT2D eigenvalue weighted by molar-refractivity contribution is 0.0971. The monoisotopic (exact) mass is 142 g/mol. The minimum atomic E-state index is -0.670. The van der Waals surface area contributed by atoms with Gasteiger partial charge in [-0.2, -0.15) is 0 Å². The molecule has 0 amide bonds. The van der Waals surface area contributed by atoms with Gasteiger partial charge in [0.2, 0.25) is 0 Å². The molecule has 0 bridgehead atoms. The summed E-state index contributed by atoms with van der Waals surface area (Å²) in [4.78, 5) is 5.59. The molecule has 0 spiro atoms. The average Bonchev–Trinajstić information content (AvgIpc) is 1.87. The van der Waals surface area contributed by atoms with Crippen LogP contribution in [-0.4, -0.2) is 30.9 Å². The number of hydrogen-bond donors (Lipinski definition) is 0. The number of rotatable bonds is 2. The Morgan fingerprint density at radius 3 is 2.70 bits per heavy atom. The highest BCUT2D eigenvalue weighted by atomic mass is 19.1. The molecule has 0 aromatic carbocycles. The van der Waals surface area contributed by atoms with Gasteiger partial charge in [-0.15, -0.1) is 0 Å². The van der Waals surface area contributed by atoms with Crippen LogP contribution in [0.15, 0.2) is 16.9 Å². The predicted molar refractivity (Wildman–Crippen MR) is 39.8 cm³/mol. The van der Waals surface area contributed by atoms with Crippen LogP contribution >= 0.6 is 0 Å². The first-order valence-corrected chi connectivity index (χ1v) is 3.30. The summed E-state index contributed by atoms with van der Waals surface area (Å²) in [5, 5.41) is 0. The zero-order chi connectivity index (χ0) is 7.56. The molecule has 1 aliphatic heterocycles. The Hall–Kier alpha value is -0.860. The maximum Gasteiger partial charge on any atom is 0.135 e. The Labute approximate surface area is 60.1 Å². The quantitative estimate of drug-likeness (QED) is 0.529. The van der Waals surface area contributed by atoms with E-state index in [0.29, 0.717) is 13.1 Å². The lowest BCUT2D eigenvalue weighted by Gasteiger charge is -2.35. The van der Waals surface area contributed by atoms with E-state index in [2.05, 4.69) is 11.7 Å². The molecule has 0 aliphatic carbocycles. The van der Waals surface area contributed by atoms with E-state index in [1.807, 2.05) is 17.9 Å². The fraction of sp³-hybridized carbons (Fsp3) is 0.571. The number of nitrogens with zero attached hydrogens (tertiary/aromatic N) is 2. The summed E-state index contributed by atoms with van der Waals surface area (Å²) in [6.07, 6.45) is 1.16. The molecule has 3 heteroatoms. The molecule has 1 fully saturated rings. The molecule has 0 aromatic heterocycles. The lowest BCUT2D eigenvalue weighted by Crippen LogP contribution is -2.46. The van der Waals surface area contributed by atoms with E-state index in [4.69, 9.17) is 0 Å². The zero-order valence-corrected chi connectivity index (χ0v) is 6.05. The standard InChI is InChI=1S/C7H11FN2/c1-3-7(9-2)10-4-6(8)5-10/h3,6H,2,4-5H2,1H3. The second kappa shape index (κ2) is 2.82. The van der Waals surface area contributed by atoms with Crippen LogP contribution in [0.4, 0.5) is 4.39 Å². The fourth-order valence-corrected chi connectivity index (χ4v) is 0.986. The van der Waals surface area contributed by atoms with Gasteiger partial charge in [0.05, 0.1) is 13.1 Å². The molecule has 2 nitrogen and oxygen atoms in total. The summed E-state index contributed by atoms with van der Waals surface area (Å²) in [5.74, 6) is 0.786.